The molecule has 1 aromatic carbocycles. The van der Waals surface area contributed by atoms with Crippen molar-refractivity contribution in [3.63, 3.8) is 0 Å². The lowest BCUT2D eigenvalue weighted by Gasteiger charge is -2.20. The standard InChI is InChI=1S/C16H16N4O2/c1-10(6-7-17)14(15(18)21)20-16(22)12-8-11-4-2-3-5-13(11)19-9-12/h2-5,8-10,14H,6H2,1H3,(H2,18,21)(H,20,22)/t10-,14+/m0/s1. The van der Waals surface area contributed by atoms with Gasteiger partial charge in [-0.1, -0.05) is 25.1 Å². The van der Waals surface area contributed by atoms with Crippen LogP contribution in [0.25, 0.3) is 10.9 Å². The Hall–Kier alpha value is -2.94. The van der Waals surface area contributed by atoms with Crippen LogP contribution in [0.15, 0.2) is 36.5 Å². The predicted octanol–water partition coefficient (Wildman–Crippen LogP) is 1.37. The number of aromatic nitrogens is 1. The molecule has 112 valence electrons. The zero-order chi connectivity index (χ0) is 16.1. The lowest BCUT2D eigenvalue weighted by Crippen LogP contribution is -2.48. The number of hydrogen-bond donors (Lipinski definition) is 2. The van der Waals surface area contributed by atoms with Crippen LogP contribution in [0, 0.1) is 17.2 Å². The Morgan fingerprint density at radius 2 is 2.14 bits per heavy atom. The van der Waals surface area contributed by atoms with Gasteiger partial charge in [-0.15, -0.1) is 0 Å². The van der Waals surface area contributed by atoms with Crippen molar-refractivity contribution >= 4 is 22.7 Å². The minimum absolute atomic E-state index is 0.129. The van der Waals surface area contributed by atoms with E-state index in [0.717, 1.165) is 10.9 Å². The van der Waals surface area contributed by atoms with Gasteiger partial charge in [0, 0.05) is 18.0 Å². The fraction of sp³-hybridized carbons (Fsp3) is 0.250. The highest BCUT2D eigenvalue weighted by Crippen LogP contribution is 2.14. The summed E-state index contributed by atoms with van der Waals surface area (Å²) in [5.74, 6) is -1.46. The quantitative estimate of drug-likeness (QED) is 0.868. The number of rotatable bonds is 5. The van der Waals surface area contributed by atoms with E-state index in [9.17, 15) is 9.59 Å². The van der Waals surface area contributed by atoms with Gasteiger partial charge in [-0.3, -0.25) is 14.6 Å². The van der Waals surface area contributed by atoms with Crippen LogP contribution < -0.4 is 11.1 Å². The highest BCUT2D eigenvalue weighted by Gasteiger charge is 2.25. The molecule has 2 rings (SSSR count). The second-order valence-electron chi connectivity index (χ2n) is 5.11. The molecular formula is C16H16N4O2. The van der Waals surface area contributed by atoms with Gasteiger partial charge < -0.3 is 11.1 Å². The van der Waals surface area contributed by atoms with Crippen molar-refractivity contribution in [1.29, 1.82) is 5.26 Å². The number of pyridine rings is 1. The molecule has 0 aliphatic heterocycles. The molecule has 3 N–H and O–H groups in total. The van der Waals surface area contributed by atoms with Crippen LogP contribution in [0.3, 0.4) is 0 Å². The third-order valence-corrected chi connectivity index (χ3v) is 3.43. The van der Waals surface area contributed by atoms with Crippen LogP contribution in [-0.4, -0.2) is 22.8 Å². The Morgan fingerprint density at radius 3 is 2.82 bits per heavy atom. The number of benzene rings is 1. The topological polar surface area (TPSA) is 109 Å². The summed E-state index contributed by atoms with van der Waals surface area (Å²) in [5, 5.41) is 12.1. The van der Waals surface area contributed by atoms with Crippen LogP contribution in [-0.2, 0) is 4.79 Å². The van der Waals surface area contributed by atoms with Crippen LogP contribution in [0.4, 0.5) is 0 Å². The minimum atomic E-state index is -0.890. The molecule has 0 bridgehead atoms. The van der Waals surface area contributed by atoms with E-state index in [4.69, 9.17) is 11.0 Å². The number of nitrogens with zero attached hydrogens (tertiary/aromatic N) is 2. The van der Waals surface area contributed by atoms with Crippen molar-refractivity contribution in [2.45, 2.75) is 19.4 Å². The Bertz CT molecular complexity index is 751. The molecular weight excluding hydrogens is 280 g/mol. The molecule has 2 amide bonds. The summed E-state index contributed by atoms with van der Waals surface area (Å²) >= 11 is 0. The molecule has 0 radical (unpaired) electrons. The van der Waals surface area contributed by atoms with Gasteiger partial charge in [-0.2, -0.15) is 5.26 Å². The van der Waals surface area contributed by atoms with E-state index in [1.54, 1.807) is 13.0 Å². The number of para-hydroxylation sites is 1. The first-order valence-electron chi connectivity index (χ1n) is 6.85. The molecule has 0 fully saturated rings. The van der Waals surface area contributed by atoms with Gasteiger partial charge in [0.1, 0.15) is 6.04 Å². The summed E-state index contributed by atoms with van der Waals surface area (Å²) in [5.41, 5.74) is 6.43. The van der Waals surface area contributed by atoms with Crippen molar-refractivity contribution < 1.29 is 9.59 Å². The van der Waals surface area contributed by atoms with E-state index in [1.807, 2.05) is 30.3 Å². The van der Waals surface area contributed by atoms with Crippen molar-refractivity contribution in [1.82, 2.24) is 10.3 Å². The maximum atomic E-state index is 12.3. The highest BCUT2D eigenvalue weighted by atomic mass is 16.2. The molecule has 6 nitrogen and oxygen atoms in total. The van der Waals surface area contributed by atoms with Gasteiger partial charge >= 0.3 is 0 Å². The van der Waals surface area contributed by atoms with E-state index in [0.29, 0.717) is 5.56 Å². The summed E-state index contributed by atoms with van der Waals surface area (Å²) in [7, 11) is 0. The van der Waals surface area contributed by atoms with E-state index in [1.165, 1.54) is 6.20 Å². The summed E-state index contributed by atoms with van der Waals surface area (Å²) in [6.07, 6.45) is 1.58. The van der Waals surface area contributed by atoms with Crippen molar-refractivity contribution in [3.8, 4) is 6.07 Å². The van der Waals surface area contributed by atoms with Crippen LogP contribution in [0.5, 0.6) is 0 Å². The van der Waals surface area contributed by atoms with Crippen LogP contribution in [0.1, 0.15) is 23.7 Å². The fourth-order valence-corrected chi connectivity index (χ4v) is 2.18. The second kappa shape index (κ2) is 6.68. The first-order chi connectivity index (χ1) is 10.5. The predicted molar refractivity (Wildman–Crippen MR) is 81.6 cm³/mol. The van der Waals surface area contributed by atoms with Gasteiger partial charge in [0.2, 0.25) is 5.91 Å². The molecule has 6 heteroatoms. The second-order valence-corrected chi connectivity index (χ2v) is 5.11. The van der Waals surface area contributed by atoms with E-state index in [2.05, 4.69) is 10.3 Å². The minimum Gasteiger partial charge on any atom is -0.368 e. The maximum absolute atomic E-state index is 12.3. The van der Waals surface area contributed by atoms with Crippen LogP contribution in [0.2, 0.25) is 0 Å². The molecule has 22 heavy (non-hydrogen) atoms. The summed E-state index contributed by atoms with van der Waals surface area (Å²) in [6, 6.07) is 10.2. The molecule has 0 spiro atoms. The fourth-order valence-electron chi connectivity index (χ4n) is 2.18. The normalized spacial score (nSPS) is 13.1. The Labute approximate surface area is 127 Å². The number of amides is 2. The van der Waals surface area contributed by atoms with Crippen molar-refractivity contribution in [3.05, 3.63) is 42.1 Å². The molecule has 0 unspecified atom stereocenters. The summed E-state index contributed by atoms with van der Waals surface area (Å²) < 4.78 is 0. The smallest absolute Gasteiger partial charge is 0.253 e. The Morgan fingerprint density at radius 1 is 1.41 bits per heavy atom. The molecule has 2 atom stereocenters. The number of nitriles is 1. The largest absolute Gasteiger partial charge is 0.368 e. The summed E-state index contributed by atoms with van der Waals surface area (Å²) in [6.45, 7) is 1.69. The van der Waals surface area contributed by atoms with Crippen LogP contribution >= 0.6 is 0 Å². The number of nitrogens with one attached hydrogen (secondary N) is 1. The lowest BCUT2D eigenvalue weighted by molar-refractivity contribution is -0.120. The number of carbonyl (C=O) groups excluding carboxylic acids is 2. The zero-order valence-electron chi connectivity index (χ0n) is 12.1. The third-order valence-electron chi connectivity index (χ3n) is 3.43. The van der Waals surface area contributed by atoms with E-state index >= 15 is 0 Å². The Balaban J connectivity index is 2.21. The molecule has 0 saturated carbocycles. The molecule has 2 aromatic rings. The highest BCUT2D eigenvalue weighted by molar-refractivity contribution is 5.99. The van der Waals surface area contributed by atoms with E-state index in [-0.39, 0.29) is 12.3 Å². The Kier molecular flexibility index (Phi) is 4.69. The number of fused-ring (bicyclic) bond motifs is 1. The average Bonchev–Trinajstić information content (AvgIpc) is 2.51. The molecule has 0 aliphatic rings. The lowest BCUT2D eigenvalue weighted by atomic mass is 9.98. The number of hydrogen-bond acceptors (Lipinski definition) is 4. The number of nitrogens with two attached hydrogens (primary N) is 1. The SMILES string of the molecule is C[C@@H](CC#N)[C@@H](NC(=O)c1cnc2ccccc2c1)C(N)=O. The molecule has 0 aliphatic carbocycles. The first kappa shape index (κ1) is 15.4. The molecule has 1 aromatic heterocycles. The van der Waals surface area contributed by atoms with Crippen molar-refractivity contribution in [2.75, 3.05) is 0 Å². The van der Waals surface area contributed by atoms with Gasteiger partial charge in [0.05, 0.1) is 17.1 Å². The van der Waals surface area contributed by atoms with Gasteiger partial charge in [0.25, 0.3) is 5.91 Å². The monoisotopic (exact) mass is 296 g/mol. The van der Waals surface area contributed by atoms with Gasteiger partial charge in [-0.25, -0.2) is 0 Å². The number of carbonyl (C=O) groups is 2. The average molecular weight is 296 g/mol. The van der Waals surface area contributed by atoms with E-state index < -0.39 is 17.9 Å². The maximum Gasteiger partial charge on any atom is 0.253 e. The third kappa shape index (κ3) is 3.38. The molecule has 1 heterocycles. The summed E-state index contributed by atoms with van der Waals surface area (Å²) in [4.78, 5) is 28.0. The van der Waals surface area contributed by atoms with Crippen molar-refractivity contribution in [2.24, 2.45) is 11.7 Å². The zero-order valence-corrected chi connectivity index (χ0v) is 12.1. The number of primary amides is 1. The van der Waals surface area contributed by atoms with Gasteiger partial charge in [-0.05, 0) is 18.1 Å². The van der Waals surface area contributed by atoms with Gasteiger partial charge in [0.15, 0.2) is 0 Å². The first-order valence-corrected chi connectivity index (χ1v) is 6.85. The molecule has 0 saturated heterocycles.